The van der Waals surface area contributed by atoms with Crippen LogP contribution in [0.4, 0.5) is 13.2 Å². The second-order valence-corrected chi connectivity index (χ2v) is 12.9. The van der Waals surface area contributed by atoms with Crippen LogP contribution in [-0.2, 0) is 34.0 Å². The van der Waals surface area contributed by atoms with Crippen molar-refractivity contribution in [1.29, 1.82) is 0 Å². The summed E-state index contributed by atoms with van der Waals surface area (Å²) in [7, 11) is -4.48. The third-order valence-corrected chi connectivity index (χ3v) is 8.96. The summed E-state index contributed by atoms with van der Waals surface area (Å²) in [5.74, 6) is -0.436. The predicted molar refractivity (Wildman–Crippen MR) is 165 cm³/mol. The van der Waals surface area contributed by atoms with Crippen molar-refractivity contribution in [3.63, 3.8) is 0 Å². The summed E-state index contributed by atoms with van der Waals surface area (Å²) in [6.07, 6.45) is -1.54. The number of benzene rings is 3. The van der Waals surface area contributed by atoms with E-state index in [0.717, 1.165) is 73.7 Å². The molecule has 0 bridgehead atoms. The number of amides is 1. The molecule has 0 aliphatic heterocycles. The van der Waals surface area contributed by atoms with Gasteiger partial charge < -0.3 is 10.6 Å². The summed E-state index contributed by atoms with van der Waals surface area (Å²) in [6.45, 7) is 3.79. The Balaban J connectivity index is 0.00000506. The Labute approximate surface area is 261 Å². The lowest BCUT2D eigenvalue weighted by molar-refractivity contribution is -0.137. The van der Waals surface area contributed by atoms with Gasteiger partial charge in [-0.1, -0.05) is 61.8 Å². The van der Waals surface area contributed by atoms with E-state index in [4.69, 9.17) is 23.2 Å². The van der Waals surface area contributed by atoms with Crippen LogP contribution in [0.25, 0.3) is 0 Å². The van der Waals surface area contributed by atoms with Crippen LogP contribution in [-0.4, -0.2) is 20.9 Å². The summed E-state index contributed by atoms with van der Waals surface area (Å²) in [5.41, 5.74) is 2.53. The normalized spacial score (nSPS) is 15.7. The van der Waals surface area contributed by atoms with Gasteiger partial charge in [0, 0.05) is 23.0 Å². The second kappa shape index (κ2) is 14.9. The van der Waals surface area contributed by atoms with Gasteiger partial charge in [-0.25, -0.2) is 13.1 Å². The molecule has 1 aliphatic carbocycles. The van der Waals surface area contributed by atoms with Crippen LogP contribution in [0, 0.1) is 0 Å². The van der Waals surface area contributed by atoms with Crippen LogP contribution in [0.5, 0.6) is 0 Å². The Hall–Kier alpha value is -2.63. The molecular weight excluding hydrogens is 622 g/mol. The lowest BCUT2D eigenvalue weighted by atomic mass is 9.86. The van der Waals surface area contributed by atoms with Gasteiger partial charge in [0.1, 0.15) is 0 Å². The molecule has 0 aromatic heterocycles. The topological polar surface area (TPSA) is 87.3 Å². The van der Waals surface area contributed by atoms with E-state index >= 15 is 0 Å². The van der Waals surface area contributed by atoms with Gasteiger partial charge in [0.05, 0.1) is 22.5 Å². The first-order valence-corrected chi connectivity index (χ1v) is 15.9. The zero-order valence-corrected chi connectivity index (χ0v) is 25.2. The van der Waals surface area contributed by atoms with Gasteiger partial charge in [0.2, 0.25) is 15.9 Å². The van der Waals surface area contributed by atoms with Crippen LogP contribution in [0.3, 0.4) is 0 Å². The lowest BCUT2D eigenvalue weighted by Gasteiger charge is -2.28. The van der Waals surface area contributed by atoms with Crippen LogP contribution in [0.1, 0.15) is 79.9 Å². The Morgan fingerprint density at radius 3 is 2.44 bits per heavy atom. The fourth-order valence-corrected chi connectivity index (χ4v) is 6.89. The summed E-state index contributed by atoms with van der Waals surface area (Å²) in [6, 6.07) is 12.6. The number of fused-ring (bicyclic) bond motifs is 1. The lowest BCUT2D eigenvalue weighted by Crippen LogP contribution is -2.36. The number of alkyl halides is 3. The van der Waals surface area contributed by atoms with Gasteiger partial charge in [-0.15, -0.1) is 0 Å². The van der Waals surface area contributed by atoms with Gasteiger partial charge in [-0.05, 0) is 90.9 Å². The highest BCUT2D eigenvalue weighted by Crippen LogP contribution is 2.33. The van der Waals surface area contributed by atoms with Crippen molar-refractivity contribution >= 4 is 39.1 Å². The number of nitrogens with one attached hydrogen (secondary N) is 3. The molecule has 4 rings (SSSR count). The molecule has 1 unspecified atom stereocenters. The van der Waals surface area contributed by atoms with Crippen LogP contribution in [0.2, 0.25) is 10.0 Å². The number of carbonyl (C=O) groups excluding carboxylic acids is 1. The van der Waals surface area contributed by atoms with E-state index in [1.807, 2.05) is 12.1 Å². The van der Waals surface area contributed by atoms with Crippen LogP contribution < -0.4 is 15.4 Å². The number of aryl methyl sites for hydroxylation is 1. The minimum absolute atomic E-state index is 0. The van der Waals surface area contributed by atoms with Gasteiger partial charge >= 0.3 is 6.18 Å². The summed E-state index contributed by atoms with van der Waals surface area (Å²) < 4.78 is 68.7. The number of hydrogen-bond acceptors (Lipinski definition) is 4. The van der Waals surface area contributed by atoms with Crippen molar-refractivity contribution in [3.8, 4) is 0 Å². The standard InChI is InChI=1S/C30H32Cl2F3N3O3S.CH4/c1-2-11-36-18-19-9-10-26-20(12-19)5-3-8-27(26)37-29(39)17-28(21-13-23(31)16-24(32)14-21)38-42(40,41)25-7-4-6-22(15-25)30(33,34)35;/h4,6-7,9-10,12-16,27-28,36,38H,2-3,5,8,11,17-18H2,1H3,(H,37,39);1H4/t27-,28?;/m1./s1. The number of hydrogen-bond donors (Lipinski definition) is 3. The number of sulfonamides is 1. The minimum Gasteiger partial charge on any atom is -0.349 e. The maximum Gasteiger partial charge on any atom is 0.416 e. The van der Waals surface area contributed by atoms with Gasteiger partial charge in [0.15, 0.2) is 0 Å². The average Bonchev–Trinajstić information content (AvgIpc) is 2.92. The summed E-state index contributed by atoms with van der Waals surface area (Å²) >= 11 is 12.3. The Morgan fingerprint density at radius 2 is 1.77 bits per heavy atom. The fraction of sp³-hybridized carbons (Fsp3) is 0.387. The van der Waals surface area contributed by atoms with Crippen molar-refractivity contribution in [2.24, 2.45) is 0 Å². The third-order valence-electron chi connectivity index (χ3n) is 7.06. The van der Waals surface area contributed by atoms with Gasteiger partial charge in [-0.2, -0.15) is 13.2 Å². The first-order chi connectivity index (χ1) is 19.9. The molecule has 0 fully saturated rings. The molecule has 0 spiro atoms. The second-order valence-electron chi connectivity index (χ2n) is 10.3. The van der Waals surface area contributed by atoms with Crippen molar-refractivity contribution < 1.29 is 26.4 Å². The fourth-order valence-electron chi connectivity index (χ4n) is 5.07. The maximum atomic E-state index is 13.4. The highest BCUT2D eigenvalue weighted by Gasteiger charge is 2.33. The zero-order valence-electron chi connectivity index (χ0n) is 22.9. The number of halogens is 5. The molecular formula is C31H36Cl2F3N3O3S. The molecule has 3 aromatic carbocycles. The molecule has 2 atom stereocenters. The molecule has 0 saturated heterocycles. The molecule has 12 heteroatoms. The highest BCUT2D eigenvalue weighted by molar-refractivity contribution is 7.89. The minimum atomic E-state index is -4.73. The van der Waals surface area contributed by atoms with Crippen LogP contribution >= 0.6 is 23.2 Å². The summed E-state index contributed by atoms with van der Waals surface area (Å²) in [5, 5.41) is 6.84. The molecule has 0 saturated carbocycles. The van der Waals surface area contributed by atoms with Gasteiger partial charge in [0.25, 0.3) is 0 Å². The Bertz CT molecular complexity index is 1510. The van der Waals surface area contributed by atoms with Crippen LogP contribution in [0.15, 0.2) is 65.6 Å². The first-order valence-electron chi connectivity index (χ1n) is 13.6. The monoisotopic (exact) mass is 657 g/mol. The molecule has 3 aromatic rings. The van der Waals surface area contributed by atoms with Crippen molar-refractivity contribution in [2.75, 3.05) is 6.54 Å². The highest BCUT2D eigenvalue weighted by atomic mass is 35.5. The molecule has 1 aliphatic rings. The van der Waals surface area contributed by atoms with E-state index in [9.17, 15) is 26.4 Å². The SMILES string of the molecule is C.CCCNCc1ccc2c(c1)CCC[C@H]2NC(=O)CC(NS(=O)(=O)c1cccc(C(F)(F)F)c1)c1cc(Cl)cc(Cl)c1. The predicted octanol–water partition coefficient (Wildman–Crippen LogP) is 7.75. The van der Waals surface area contributed by atoms with E-state index in [2.05, 4.69) is 28.3 Å². The zero-order chi connectivity index (χ0) is 30.5. The van der Waals surface area contributed by atoms with Crippen molar-refractivity contribution in [1.82, 2.24) is 15.4 Å². The third kappa shape index (κ3) is 9.43. The molecule has 234 valence electrons. The Morgan fingerprint density at radius 1 is 1.05 bits per heavy atom. The number of carbonyl (C=O) groups is 1. The molecule has 0 heterocycles. The molecule has 6 nitrogen and oxygen atoms in total. The van der Waals surface area contributed by atoms with Crippen molar-refractivity contribution in [3.05, 3.63) is 98.5 Å². The average molecular weight is 659 g/mol. The van der Waals surface area contributed by atoms with Gasteiger partial charge in [-0.3, -0.25) is 4.79 Å². The van der Waals surface area contributed by atoms with Crippen molar-refractivity contribution in [2.45, 2.75) is 76.2 Å². The van der Waals surface area contributed by atoms with E-state index in [1.54, 1.807) is 0 Å². The summed E-state index contributed by atoms with van der Waals surface area (Å²) in [4.78, 5) is 12.8. The Kier molecular flexibility index (Phi) is 12.1. The first kappa shape index (κ1) is 34.9. The quantitative estimate of drug-likeness (QED) is 0.184. The maximum absolute atomic E-state index is 13.4. The molecule has 43 heavy (non-hydrogen) atoms. The molecule has 1 amide bonds. The number of rotatable bonds is 11. The molecule has 0 radical (unpaired) electrons. The van der Waals surface area contributed by atoms with E-state index < -0.39 is 38.6 Å². The van der Waals surface area contributed by atoms with E-state index in [1.165, 1.54) is 18.2 Å². The molecule has 3 N–H and O–H groups in total. The largest absolute Gasteiger partial charge is 0.416 e. The smallest absolute Gasteiger partial charge is 0.349 e. The van der Waals surface area contributed by atoms with E-state index in [0.29, 0.717) is 11.6 Å². The van der Waals surface area contributed by atoms with E-state index in [-0.39, 0.29) is 29.9 Å².